The van der Waals surface area contributed by atoms with Gasteiger partial charge in [-0.3, -0.25) is 4.72 Å². The second kappa shape index (κ2) is 5.37. The number of H-pyrrole nitrogens is 1. The summed E-state index contributed by atoms with van der Waals surface area (Å²) in [5, 5.41) is 2.57. The van der Waals surface area contributed by atoms with E-state index in [4.69, 9.17) is 0 Å². The standard InChI is InChI=1S/C12H19N3S/c1-6-7-8-10-9(2)13-11(14-10)16-15-12(3,4)5/h6-8,15H,2H2,1,3-5H3,(H,13,14)/b7-6-,10-8+. The summed E-state index contributed by atoms with van der Waals surface area (Å²) in [5.41, 5.74) is 0.0615. The van der Waals surface area contributed by atoms with Gasteiger partial charge in [0.25, 0.3) is 0 Å². The second-order valence-electron chi connectivity index (χ2n) is 4.55. The summed E-state index contributed by atoms with van der Waals surface area (Å²) in [6, 6.07) is 0. The van der Waals surface area contributed by atoms with E-state index in [-0.39, 0.29) is 5.54 Å². The third-order valence-electron chi connectivity index (χ3n) is 1.69. The maximum absolute atomic E-state index is 4.43. The van der Waals surface area contributed by atoms with Gasteiger partial charge in [0.15, 0.2) is 5.16 Å². The van der Waals surface area contributed by atoms with Crippen LogP contribution in [0.25, 0.3) is 12.7 Å². The van der Waals surface area contributed by atoms with Crippen LogP contribution in [-0.4, -0.2) is 15.5 Å². The topological polar surface area (TPSA) is 40.7 Å². The fourth-order valence-electron chi connectivity index (χ4n) is 0.973. The zero-order valence-corrected chi connectivity index (χ0v) is 11.1. The van der Waals surface area contributed by atoms with E-state index < -0.39 is 0 Å². The summed E-state index contributed by atoms with van der Waals surface area (Å²) in [5.74, 6) is 0. The Bertz CT molecular complexity index is 465. The summed E-state index contributed by atoms with van der Waals surface area (Å²) in [4.78, 5) is 7.57. The average Bonchev–Trinajstić information content (AvgIpc) is 2.52. The van der Waals surface area contributed by atoms with E-state index in [2.05, 4.69) is 42.0 Å². The van der Waals surface area contributed by atoms with E-state index in [0.717, 1.165) is 15.9 Å². The first kappa shape index (κ1) is 13.1. The molecule has 0 aliphatic heterocycles. The van der Waals surface area contributed by atoms with Gasteiger partial charge in [0.1, 0.15) is 0 Å². The zero-order valence-electron chi connectivity index (χ0n) is 10.3. The fraction of sp³-hybridized carbons (Fsp3) is 0.417. The van der Waals surface area contributed by atoms with Crippen LogP contribution in [0.5, 0.6) is 0 Å². The minimum Gasteiger partial charge on any atom is -0.332 e. The van der Waals surface area contributed by atoms with Gasteiger partial charge in [-0.1, -0.05) is 18.7 Å². The van der Waals surface area contributed by atoms with Crippen LogP contribution < -0.4 is 15.4 Å². The number of hydrogen-bond donors (Lipinski definition) is 2. The zero-order chi connectivity index (χ0) is 12.2. The van der Waals surface area contributed by atoms with E-state index >= 15 is 0 Å². The number of hydrogen-bond acceptors (Lipinski definition) is 3. The number of nitrogens with one attached hydrogen (secondary N) is 2. The van der Waals surface area contributed by atoms with E-state index in [1.54, 1.807) is 0 Å². The summed E-state index contributed by atoms with van der Waals surface area (Å²) in [6.45, 7) is 12.2. The van der Waals surface area contributed by atoms with E-state index in [1.807, 2.05) is 25.2 Å². The monoisotopic (exact) mass is 237 g/mol. The van der Waals surface area contributed by atoms with Gasteiger partial charge in [-0.25, -0.2) is 4.98 Å². The molecular formula is C12H19N3S. The lowest BCUT2D eigenvalue weighted by Gasteiger charge is -2.17. The fourth-order valence-corrected chi connectivity index (χ4v) is 1.69. The SMILES string of the molecule is C=c1[nH]c(SNC(C)(C)C)n/c1=C/C=C\C. The minimum atomic E-state index is 0.0615. The average molecular weight is 237 g/mol. The Morgan fingerprint density at radius 3 is 2.69 bits per heavy atom. The van der Waals surface area contributed by atoms with Gasteiger partial charge in [-0.15, -0.1) is 0 Å². The summed E-state index contributed by atoms with van der Waals surface area (Å²) in [6.07, 6.45) is 5.87. The molecule has 1 aromatic heterocycles. The maximum atomic E-state index is 4.43. The molecule has 0 bridgehead atoms. The lowest BCUT2D eigenvalue weighted by Crippen LogP contribution is -2.29. The van der Waals surface area contributed by atoms with Crippen molar-refractivity contribution in [2.45, 2.75) is 38.4 Å². The highest BCUT2D eigenvalue weighted by molar-refractivity contribution is 7.97. The molecule has 1 aromatic rings. The largest absolute Gasteiger partial charge is 0.332 e. The molecule has 0 amide bonds. The molecule has 0 aromatic carbocycles. The number of rotatable bonds is 3. The second-order valence-corrected chi connectivity index (χ2v) is 5.35. The van der Waals surface area contributed by atoms with Crippen LogP contribution in [-0.2, 0) is 0 Å². The van der Waals surface area contributed by atoms with Gasteiger partial charge in [-0.2, -0.15) is 0 Å². The molecule has 1 heterocycles. The third kappa shape index (κ3) is 4.24. The van der Waals surface area contributed by atoms with Crippen molar-refractivity contribution in [2.24, 2.45) is 0 Å². The molecule has 0 aliphatic carbocycles. The normalized spacial score (nSPS) is 13.9. The number of aromatic nitrogens is 2. The summed E-state index contributed by atoms with van der Waals surface area (Å²) < 4.78 is 3.30. The van der Waals surface area contributed by atoms with Crippen molar-refractivity contribution in [1.82, 2.24) is 14.7 Å². The number of allylic oxidation sites excluding steroid dienone is 2. The van der Waals surface area contributed by atoms with Crippen LogP contribution in [0.3, 0.4) is 0 Å². The molecule has 0 atom stereocenters. The van der Waals surface area contributed by atoms with Crippen molar-refractivity contribution < 1.29 is 0 Å². The van der Waals surface area contributed by atoms with Gasteiger partial charge in [0.05, 0.1) is 10.7 Å². The quantitative estimate of drug-likeness (QED) is 0.784. The predicted octanol–water partition coefficient (Wildman–Crippen LogP) is 1.57. The Hall–Kier alpha value is -1.00. The molecule has 0 saturated heterocycles. The first-order chi connectivity index (χ1) is 7.42. The van der Waals surface area contributed by atoms with Crippen molar-refractivity contribution in [3.63, 3.8) is 0 Å². The Kier molecular flexibility index (Phi) is 4.38. The Morgan fingerprint density at radius 2 is 2.12 bits per heavy atom. The first-order valence-electron chi connectivity index (χ1n) is 5.24. The van der Waals surface area contributed by atoms with Crippen LogP contribution >= 0.6 is 11.9 Å². The molecule has 0 fully saturated rings. The number of nitrogens with zero attached hydrogens (tertiary/aromatic N) is 1. The molecule has 1 rings (SSSR count). The molecule has 16 heavy (non-hydrogen) atoms. The van der Waals surface area contributed by atoms with E-state index in [1.165, 1.54) is 11.9 Å². The van der Waals surface area contributed by atoms with E-state index in [0.29, 0.717) is 0 Å². The van der Waals surface area contributed by atoms with Crippen LogP contribution in [0.15, 0.2) is 17.3 Å². The van der Waals surface area contributed by atoms with Gasteiger partial charge < -0.3 is 4.98 Å². The first-order valence-corrected chi connectivity index (χ1v) is 6.06. The molecule has 88 valence electrons. The lowest BCUT2D eigenvalue weighted by atomic mass is 10.1. The highest BCUT2D eigenvalue weighted by Crippen LogP contribution is 2.11. The van der Waals surface area contributed by atoms with Crippen molar-refractivity contribution in [2.75, 3.05) is 0 Å². The van der Waals surface area contributed by atoms with Crippen LogP contribution in [0, 0.1) is 0 Å². The molecule has 0 saturated carbocycles. The van der Waals surface area contributed by atoms with Gasteiger partial charge >= 0.3 is 0 Å². The van der Waals surface area contributed by atoms with Gasteiger partial charge in [-0.05, 0) is 45.7 Å². The predicted molar refractivity (Wildman–Crippen MR) is 71.4 cm³/mol. The molecular weight excluding hydrogens is 218 g/mol. The van der Waals surface area contributed by atoms with Gasteiger partial charge in [0, 0.05) is 5.54 Å². The molecule has 0 spiro atoms. The highest BCUT2D eigenvalue weighted by Gasteiger charge is 2.10. The van der Waals surface area contributed by atoms with Crippen LogP contribution in [0.1, 0.15) is 27.7 Å². The van der Waals surface area contributed by atoms with Crippen molar-refractivity contribution in [3.05, 3.63) is 22.9 Å². The summed E-state index contributed by atoms with van der Waals surface area (Å²) in [7, 11) is 0. The molecule has 2 N–H and O–H groups in total. The van der Waals surface area contributed by atoms with Crippen LogP contribution in [0.4, 0.5) is 0 Å². The smallest absolute Gasteiger partial charge is 0.181 e. The molecule has 3 nitrogen and oxygen atoms in total. The summed E-state index contributed by atoms with van der Waals surface area (Å²) >= 11 is 1.50. The highest BCUT2D eigenvalue weighted by atomic mass is 32.2. The molecule has 0 unspecified atom stereocenters. The molecule has 0 aliphatic rings. The Morgan fingerprint density at radius 1 is 1.44 bits per heavy atom. The third-order valence-corrected chi connectivity index (χ3v) is 2.79. The number of aromatic amines is 1. The lowest BCUT2D eigenvalue weighted by molar-refractivity contribution is 0.534. The maximum Gasteiger partial charge on any atom is 0.181 e. The van der Waals surface area contributed by atoms with Gasteiger partial charge in [0.2, 0.25) is 0 Å². The molecule has 4 heteroatoms. The van der Waals surface area contributed by atoms with Crippen LogP contribution in [0.2, 0.25) is 0 Å². The Labute approximate surface area is 101 Å². The van der Waals surface area contributed by atoms with Crippen molar-refractivity contribution in [1.29, 1.82) is 0 Å². The Balaban J connectivity index is 2.82. The minimum absolute atomic E-state index is 0.0615. The number of imidazole rings is 1. The molecule has 0 radical (unpaired) electrons. The van der Waals surface area contributed by atoms with Crippen molar-refractivity contribution >= 4 is 24.6 Å². The van der Waals surface area contributed by atoms with Crippen molar-refractivity contribution in [3.8, 4) is 0 Å². The van der Waals surface area contributed by atoms with E-state index in [9.17, 15) is 0 Å².